The molecule has 0 fully saturated rings. The molecule has 0 atom stereocenters. The number of hydrogen-bond donors (Lipinski definition) is 3. The maximum absolute atomic E-state index is 10.6. The normalized spacial score (nSPS) is 9.33. The van der Waals surface area contributed by atoms with Crippen molar-refractivity contribution in [3.05, 3.63) is 0 Å². The second-order valence-corrected chi connectivity index (χ2v) is 2.76. The van der Waals surface area contributed by atoms with Crippen molar-refractivity contribution in [1.29, 1.82) is 0 Å². The van der Waals surface area contributed by atoms with Crippen molar-refractivity contribution in [2.75, 3.05) is 0 Å². The molecule has 0 aromatic carbocycles. The third-order valence-corrected chi connectivity index (χ3v) is 1.11. The van der Waals surface area contributed by atoms with Gasteiger partial charge in [0.05, 0.1) is 0 Å². The summed E-state index contributed by atoms with van der Waals surface area (Å²) >= 11 is 3.73. The zero-order valence-electron chi connectivity index (χ0n) is 5.34. The van der Waals surface area contributed by atoms with Crippen LogP contribution >= 0.6 is 22.6 Å². The first-order valence-electron chi connectivity index (χ1n) is 2.53. The lowest BCUT2D eigenvalue weighted by molar-refractivity contribution is 0.244. The minimum atomic E-state index is -0.204. The van der Waals surface area contributed by atoms with Gasteiger partial charge in [0.2, 0.25) is 0 Å². The van der Waals surface area contributed by atoms with Crippen molar-refractivity contribution < 1.29 is 4.79 Å². The highest BCUT2D eigenvalue weighted by molar-refractivity contribution is 8.68. The molecular formula is C4H10N2OS2. The van der Waals surface area contributed by atoms with Crippen LogP contribution in [0.1, 0.15) is 13.8 Å². The van der Waals surface area contributed by atoms with Crippen LogP contribution in [-0.4, -0.2) is 12.1 Å². The highest BCUT2D eigenvalue weighted by atomic mass is 33.1. The van der Waals surface area contributed by atoms with E-state index >= 15 is 0 Å². The topological polar surface area (TPSA) is 41.1 Å². The van der Waals surface area contributed by atoms with Gasteiger partial charge in [-0.2, -0.15) is 0 Å². The van der Waals surface area contributed by atoms with E-state index in [1.54, 1.807) is 0 Å². The molecule has 0 rings (SSSR count). The lowest BCUT2D eigenvalue weighted by Crippen LogP contribution is -2.35. The Hall–Kier alpha value is -0.0300. The third kappa shape index (κ3) is 5.85. The molecule has 2 N–H and O–H groups in total. The van der Waals surface area contributed by atoms with Crippen molar-refractivity contribution in [2.45, 2.75) is 19.9 Å². The molecule has 0 radical (unpaired) electrons. The highest BCUT2D eigenvalue weighted by Gasteiger charge is 1.98. The van der Waals surface area contributed by atoms with E-state index in [1.807, 2.05) is 13.8 Å². The number of carbonyl (C=O) groups excluding carboxylic acids is 1. The Morgan fingerprint density at radius 1 is 1.67 bits per heavy atom. The van der Waals surface area contributed by atoms with Gasteiger partial charge >= 0.3 is 6.03 Å². The maximum Gasteiger partial charge on any atom is 0.325 e. The molecule has 0 unspecified atom stereocenters. The molecule has 0 aliphatic carbocycles. The molecule has 5 heteroatoms. The van der Waals surface area contributed by atoms with Crippen LogP contribution in [0.15, 0.2) is 0 Å². The quantitative estimate of drug-likeness (QED) is 0.327. The second kappa shape index (κ2) is 4.81. The Balaban J connectivity index is 3.27. The van der Waals surface area contributed by atoms with E-state index in [0.29, 0.717) is 0 Å². The van der Waals surface area contributed by atoms with E-state index in [1.165, 1.54) is 0 Å². The number of urea groups is 1. The summed E-state index contributed by atoms with van der Waals surface area (Å²) in [6, 6.07) is -0.0320. The van der Waals surface area contributed by atoms with Gasteiger partial charge < -0.3 is 5.32 Å². The fourth-order valence-electron chi connectivity index (χ4n) is 0.333. The van der Waals surface area contributed by atoms with Gasteiger partial charge in [0, 0.05) is 17.0 Å². The van der Waals surface area contributed by atoms with Crippen LogP contribution in [0.3, 0.4) is 0 Å². The van der Waals surface area contributed by atoms with E-state index < -0.39 is 0 Å². The smallest absolute Gasteiger partial charge is 0.325 e. The summed E-state index contributed by atoms with van der Waals surface area (Å²) in [4.78, 5) is 10.6. The van der Waals surface area contributed by atoms with Crippen LogP contribution in [0, 0.1) is 0 Å². The first kappa shape index (κ1) is 8.97. The van der Waals surface area contributed by atoms with Crippen LogP contribution in [0.5, 0.6) is 0 Å². The van der Waals surface area contributed by atoms with Gasteiger partial charge in [-0.3, -0.25) is 4.72 Å². The first-order valence-corrected chi connectivity index (χ1v) is 4.40. The first-order chi connectivity index (χ1) is 4.16. The summed E-state index contributed by atoms with van der Waals surface area (Å²) in [7, 11) is 0.984. The van der Waals surface area contributed by atoms with Gasteiger partial charge in [-0.15, -0.1) is 0 Å². The van der Waals surface area contributed by atoms with Crippen LogP contribution in [0.2, 0.25) is 0 Å². The Labute approximate surface area is 63.9 Å². The molecule has 3 nitrogen and oxygen atoms in total. The van der Waals surface area contributed by atoms with E-state index in [4.69, 9.17) is 0 Å². The fraction of sp³-hybridized carbons (Fsp3) is 0.750. The number of carbonyl (C=O) groups is 1. The van der Waals surface area contributed by atoms with Gasteiger partial charge in [-0.05, 0) is 13.8 Å². The van der Waals surface area contributed by atoms with Gasteiger partial charge in [-0.25, -0.2) is 4.79 Å². The summed E-state index contributed by atoms with van der Waals surface area (Å²) < 4.78 is 2.41. The van der Waals surface area contributed by atoms with Crippen molar-refractivity contribution >= 4 is 28.7 Å². The Morgan fingerprint density at radius 3 is 2.56 bits per heavy atom. The summed E-state index contributed by atoms with van der Waals surface area (Å²) in [5, 5.41) is 2.62. The van der Waals surface area contributed by atoms with E-state index in [0.717, 1.165) is 11.0 Å². The summed E-state index contributed by atoms with van der Waals surface area (Å²) in [6.45, 7) is 3.78. The van der Waals surface area contributed by atoms with Crippen LogP contribution in [0.25, 0.3) is 0 Å². The number of amides is 2. The van der Waals surface area contributed by atoms with Gasteiger partial charge in [-0.1, -0.05) is 11.7 Å². The van der Waals surface area contributed by atoms with Crippen molar-refractivity contribution in [1.82, 2.24) is 10.0 Å². The minimum absolute atomic E-state index is 0.172. The molecule has 0 saturated heterocycles. The molecule has 0 aromatic heterocycles. The predicted molar refractivity (Wildman–Crippen MR) is 43.4 cm³/mol. The number of hydrogen-bond acceptors (Lipinski definition) is 3. The second-order valence-electron chi connectivity index (χ2n) is 1.82. The summed E-state index contributed by atoms with van der Waals surface area (Å²) in [6.07, 6.45) is 0. The van der Waals surface area contributed by atoms with E-state index in [9.17, 15) is 4.79 Å². The van der Waals surface area contributed by atoms with Crippen molar-refractivity contribution in [2.24, 2.45) is 0 Å². The lowest BCUT2D eigenvalue weighted by Gasteiger charge is -2.06. The van der Waals surface area contributed by atoms with Crippen LogP contribution < -0.4 is 10.0 Å². The molecule has 0 aliphatic heterocycles. The largest absolute Gasteiger partial charge is 0.335 e. The fourth-order valence-corrected chi connectivity index (χ4v) is 0.724. The predicted octanol–water partition coefficient (Wildman–Crippen LogP) is 1.19. The zero-order valence-corrected chi connectivity index (χ0v) is 7.05. The molecule has 9 heavy (non-hydrogen) atoms. The number of rotatable bonds is 2. The standard InChI is InChI=1S/C4H10N2OS2/c1-3(2)5-4(7)6-9-8/h3,8H,1-2H3,(H2,5,6,7). The molecule has 0 aromatic rings. The average Bonchev–Trinajstić information content (AvgIpc) is 1.63. The number of thiol groups is 1. The SMILES string of the molecule is CC(C)NC(=O)NSS. The zero-order chi connectivity index (χ0) is 7.28. The molecular weight excluding hydrogens is 156 g/mol. The monoisotopic (exact) mass is 166 g/mol. The van der Waals surface area contributed by atoms with E-state index in [-0.39, 0.29) is 12.1 Å². The molecule has 0 spiro atoms. The summed E-state index contributed by atoms with van der Waals surface area (Å²) in [5.41, 5.74) is 0. The molecule has 0 heterocycles. The van der Waals surface area contributed by atoms with Crippen LogP contribution in [0.4, 0.5) is 4.79 Å². The van der Waals surface area contributed by atoms with Crippen molar-refractivity contribution in [3.8, 4) is 0 Å². The molecule has 0 saturated carbocycles. The Bertz CT molecular complexity index is 96.6. The molecule has 0 aliphatic rings. The third-order valence-electron chi connectivity index (χ3n) is 0.558. The van der Waals surface area contributed by atoms with Crippen LogP contribution in [-0.2, 0) is 0 Å². The molecule has 2 amide bonds. The van der Waals surface area contributed by atoms with Gasteiger partial charge in [0.25, 0.3) is 0 Å². The maximum atomic E-state index is 10.6. The summed E-state index contributed by atoms with van der Waals surface area (Å²) in [5.74, 6) is 0. The van der Waals surface area contributed by atoms with E-state index in [2.05, 4.69) is 21.7 Å². The highest BCUT2D eigenvalue weighted by Crippen LogP contribution is 1.95. The lowest BCUT2D eigenvalue weighted by atomic mass is 10.4. The molecule has 54 valence electrons. The minimum Gasteiger partial charge on any atom is -0.335 e. The Morgan fingerprint density at radius 2 is 2.22 bits per heavy atom. The Kier molecular flexibility index (Phi) is 4.80. The number of nitrogens with one attached hydrogen (secondary N) is 2. The average molecular weight is 166 g/mol. The van der Waals surface area contributed by atoms with Gasteiger partial charge in [0.1, 0.15) is 0 Å². The molecule has 0 bridgehead atoms. The van der Waals surface area contributed by atoms with Gasteiger partial charge in [0.15, 0.2) is 0 Å². The van der Waals surface area contributed by atoms with Crippen molar-refractivity contribution in [3.63, 3.8) is 0 Å².